The van der Waals surface area contributed by atoms with Crippen LogP contribution in [0.4, 0.5) is 5.69 Å². The number of aryl methyl sites for hydroxylation is 3. The summed E-state index contributed by atoms with van der Waals surface area (Å²) in [6.45, 7) is 8.20. The zero-order valence-electron chi connectivity index (χ0n) is 14.3. The number of amides is 1. The van der Waals surface area contributed by atoms with E-state index in [1.165, 1.54) is 21.6 Å². The quantitative estimate of drug-likeness (QED) is 0.805. The summed E-state index contributed by atoms with van der Waals surface area (Å²) in [5.74, 6) is 0.639. The van der Waals surface area contributed by atoms with Crippen LogP contribution in [0.1, 0.15) is 23.6 Å². The van der Waals surface area contributed by atoms with Crippen molar-refractivity contribution in [3.63, 3.8) is 0 Å². The van der Waals surface area contributed by atoms with Gasteiger partial charge in [0.05, 0.1) is 18.0 Å². The number of hydrogen-bond acceptors (Lipinski definition) is 3. The van der Waals surface area contributed by atoms with Gasteiger partial charge in [-0.2, -0.15) is 0 Å². The molecule has 1 atom stereocenters. The zero-order valence-corrected chi connectivity index (χ0v) is 15.1. The fourth-order valence-corrected chi connectivity index (χ4v) is 3.57. The molecule has 0 spiro atoms. The third-order valence-electron chi connectivity index (χ3n) is 3.63. The van der Waals surface area contributed by atoms with Crippen molar-refractivity contribution in [2.45, 2.75) is 37.8 Å². The molecule has 1 N–H and O–H groups in total. The lowest BCUT2D eigenvalue weighted by Gasteiger charge is -2.17. The molecule has 2 aromatic carbocycles. The van der Waals surface area contributed by atoms with Gasteiger partial charge in [-0.15, -0.1) is 11.8 Å². The monoisotopic (exact) mass is 329 g/mol. The minimum Gasteiger partial charge on any atom is -0.495 e. The van der Waals surface area contributed by atoms with E-state index in [1.807, 2.05) is 31.2 Å². The van der Waals surface area contributed by atoms with Gasteiger partial charge >= 0.3 is 0 Å². The smallest absolute Gasteiger partial charge is 0.237 e. The van der Waals surface area contributed by atoms with E-state index in [4.69, 9.17) is 4.74 Å². The second-order valence-corrected chi connectivity index (χ2v) is 7.03. The second-order valence-electron chi connectivity index (χ2n) is 5.68. The Hall–Kier alpha value is -1.94. The summed E-state index contributed by atoms with van der Waals surface area (Å²) >= 11 is 1.59. The van der Waals surface area contributed by atoms with Gasteiger partial charge in [0, 0.05) is 4.90 Å². The van der Waals surface area contributed by atoms with Crippen LogP contribution in [-0.4, -0.2) is 18.3 Å². The molecular formula is C19H23NO2S. The number of carbonyl (C=O) groups is 1. The molecule has 3 nitrogen and oxygen atoms in total. The van der Waals surface area contributed by atoms with Gasteiger partial charge < -0.3 is 10.1 Å². The number of ether oxygens (including phenoxy) is 1. The molecule has 2 aromatic rings. The Morgan fingerprint density at radius 1 is 1.13 bits per heavy atom. The molecule has 0 saturated carbocycles. The summed E-state index contributed by atoms with van der Waals surface area (Å²) < 4.78 is 5.27. The molecule has 1 amide bonds. The summed E-state index contributed by atoms with van der Waals surface area (Å²) in [4.78, 5) is 13.7. The van der Waals surface area contributed by atoms with Crippen LogP contribution in [0.15, 0.2) is 41.3 Å². The molecule has 0 fully saturated rings. The largest absolute Gasteiger partial charge is 0.495 e. The number of nitrogens with one attached hydrogen (secondary N) is 1. The Kier molecular flexibility index (Phi) is 5.72. The van der Waals surface area contributed by atoms with Crippen molar-refractivity contribution in [3.8, 4) is 5.75 Å². The van der Waals surface area contributed by atoms with Gasteiger partial charge in [-0.25, -0.2) is 0 Å². The first-order chi connectivity index (χ1) is 10.9. The highest BCUT2D eigenvalue weighted by molar-refractivity contribution is 8.00. The number of thioether (sulfide) groups is 1. The van der Waals surface area contributed by atoms with Gasteiger partial charge in [-0.05, 0) is 51.0 Å². The maximum Gasteiger partial charge on any atom is 0.237 e. The zero-order chi connectivity index (χ0) is 17.0. The van der Waals surface area contributed by atoms with Crippen LogP contribution >= 0.6 is 11.8 Å². The van der Waals surface area contributed by atoms with Crippen LogP contribution in [-0.2, 0) is 4.79 Å². The van der Waals surface area contributed by atoms with Gasteiger partial charge in [0.15, 0.2) is 0 Å². The molecule has 0 aliphatic carbocycles. The van der Waals surface area contributed by atoms with Gasteiger partial charge in [0.1, 0.15) is 5.75 Å². The second kappa shape index (κ2) is 7.55. The molecule has 2 rings (SSSR count). The van der Waals surface area contributed by atoms with E-state index in [0.29, 0.717) is 11.4 Å². The van der Waals surface area contributed by atoms with Gasteiger partial charge in [0.25, 0.3) is 0 Å². The highest BCUT2D eigenvalue weighted by Crippen LogP contribution is 2.32. The average molecular weight is 329 g/mol. The van der Waals surface area contributed by atoms with Crippen molar-refractivity contribution < 1.29 is 9.53 Å². The van der Waals surface area contributed by atoms with Gasteiger partial charge in [0.2, 0.25) is 5.91 Å². The predicted molar refractivity (Wildman–Crippen MR) is 97.6 cm³/mol. The fourth-order valence-electron chi connectivity index (χ4n) is 2.57. The average Bonchev–Trinajstić information content (AvgIpc) is 2.51. The number of para-hydroxylation sites is 2. The highest BCUT2D eigenvalue weighted by atomic mass is 32.2. The van der Waals surface area contributed by atoms with E-state index in [9.17, 15) is 4.79 Å². The highest BCUT2D eigenvalue weighted by Gasteiger charge is 2.18. The van der Waals surface area contributed by atoms with E-state index in [0.717, 1.165) is 0 Å². The first kappa shape index (κ1) is 17.4. The van der Waals surface area contributed by atoms with E-state index in [2.05, 4.69) is 38.2 Å². The summed E-state index contributed by atoms with van der Waals surface area (Å²) in [7, 11) is 1.60. The third kappa shape index (κ3) is 4.29. The summed E-state index contributed by atoms with van der Waals surface area (Å²) in [5, 5.41) is 2.75. The molecular weight excluding hydrogens is 306 g/mol. The van der Waals surface area contributed by atoms with Crippen molar-refractivity contribution >= 4 is 23.4 Å². The van der Waals surface area contributed by atoms with Crippen LogP contribution in [0.5, 0.6) is 5.75 Å². The molecule has 23 heavy (non-hydrogen) atoms. The SMILES string of the molecule is COc1ccccc1NC(=O)C(C)Sc1c(C)cc(C)cc1C. The lowest BCUT2D eigenvalue weighted by atomic mass is 10.1. The van der Waals surface area contributed by atoms with Crippen molar-refractivity contribution in [1.82, 2.24) is 0 Å². The van der Waals surface area contributed by atoms with Crippen molar-refractivity contribution in [2.24, 2.45) is 0 Å². The number of hydrogen-bond donors (Lipinski definition) is 1. The molecule has 0 aromatic heterocycles. The molecule has 0 heterocycles. The summed E-state index contributed by atoms with van der Waals surface area (Å²) in [5.41, 5.74) is 4.37. The van der Waals surface area contributed by atoms with Crippen LogP contribution in [0.2, 0.25) is 0 Å². The first-order valence-corrected chi connectivity index (χ1v) is 8.48. The summed E-state index contributed by atoms with van der Waals surface area (Å²) in [6, 6.07) is 11.7. The van der Waals surface area contributed by atoms with Crippen LogP contribution in [0.25, 0.3) is 0 Å². The molecule has 0 aliphatic rings. The molecule has 0 saturated heterocycles. The van der Waals surface area contributed by atoms with Crippen LogP contribution in [0, 0.1) is 20.8 Å². The Bertz CT molecular complexity index is 689. The lowest BCUT2D eigenvalue weighted by molar-refractivity contribution is -0.115. The molecule has 0 radical (unpaired) electrons. The maximum atomic E-state index is 12.5. The Morgan fingerprint density at radius 3 is 2.35 bits per heavy atom. The van der Waals surface area contributed by atoms with Crippen molar-refractivity contribution in [3.05, 3.63) is 53.1 Å². The van der Waals surface area contributed by atoms with E-state index in [1.54, 1.807) is 18.9 Å². The number of benzene rings is 2. The molecule has 122 valence electrons. The van der Waals surface area contributed by atoms with E-state index in [-0.39, 0.29) is 11.2 Å². The number of rotatable bonds is 5. The topological polar surface area (TPSA) is 38.3 Å². The van der Waals surface area contributed by atoms with E-state index < -0.39 is 0 Å². The standard InChI is InChI=1S/C19H23NO2S/c1-12-10-13(2)18(14(3)11-12)23-15(4)19(21)20-16-8-6-7-9-17(16)22-5/h6-11,15H,1-5H3,(H,20,21). The Balaban J connectivity index is 2.12. The number of carbonyl (C=O) groups excluding carboxylic acids is 1. The Labute approximate surface area is 142 Å². The molecule has 0 aliphatic heterocycles. The Morgan fingerprint density at radius 2 is 1.74 bits per heavy atom. The van der Waals surface area contributed by atoms with Crippen LogP contribution in [0.3, 0.4) is 0 Å². The molecule has 1 unspecified atom stereocenters. The third-order valence-corrected chi connectivity index (χ3v) is 5.08. The first-order valence-electron chi connectivity index (χ1n) is 7.60. The fraction of sp³-hybridized carbons (Fsp3) is 0.316. The lowest BCUT2D eigenvalue weighted by Crippen LogP contribution is -2.22. The van der Waals surface area contributed by atoms with Gasteiger partial charge in [-0.1, -0.05) is 29.8 Å². The molecule has 0 bridgehead atoms. The molecule has 4 heteroatoms. The number of methoxy groups -OCH3 is 1. The summed E-state index contributed by atoms with van der Waals surface area (Å²) in [6.07, 6.45) is 0. The minimum atomic E-state index is -0.194. The maximum absolute atomic E-state index is 12.5. The predicted octanol–water partition coefficient (Wildman–Crippen LogP) is 4.74. The van der Waals surface area contributed by atoms with E-state index >= 15 is 0 Å². The number of anilines is 1. The van der Waals surface area contributed by atoms with Crippen molar-refractivity contribution in [1.29, 1.82) is 0 Å². The van der Waals surface area contributed by atoms with Crippen LogP contribution < -0.4 is 10.1 Å². The van der Waals surface area contributed by atoms with Crippen molar-refractivity contribution in [2.75, 3.05) is 12.4 Å². The normalized spacial score (nSPS) is 11.9. The van der Waals surface area contributed by atoms with Gasteiger partial charge in [-0.3, -0.25) is 4.79 Å². The minimum absolute atomic E-state index is 0.0288.